The Bertz CT molecular complexity index is 1710. The highest BCUT2D eigenvalue weighted by Crippen LogP contribution is 2.30. The van der Waals surface area contributed by atoms with E-state index in [1.165, 1.54) is 23.4 Å². The smallest absolute Gasteiger partial charge is 0.183 e. The van der Waals surface area contributed by atoms with E-state index in [0.29, 0.717) is 18.4 Å². The van der Waals surface area contributed by atoms with Crippen LogP contribution in [0.3, 0.4) is 0 Å². The van der Waals surface area contributed by atoms with Gasteiger partial charge in [-0.3, -0.25) is 19.4 Å². The number of rotatable bonds is 13. The van der Waals surface area contributed by atoms with Crippen molar-refractivity contribution in [2.45, 2.75) is 50.6 Å². The van der Waals surface area contributed by atoms with Gasteiger partial charge < -0.3 is 20.9 Å². The van der Waals surface area contributed by atoms with Crippen molar-refractivity contribution in [1.29, 1.82) is 0 Å². The van der Waals surface area contributed by atoms with E-state index in [1.807, 2.05) is 101 Å². The molecule has 3 N–H and O–H groups in total. The zero-order valence-corrected chi connectivity index (χ0v) is 33.9. The molecule has 0 amide bonds. The Kier molecular flexibility index (Phi) is 17.2. The molecule has 0 bridgehead atoms. The maximum Gasteiger partial charge on any atom is 0.183 e. The molecule has 0 aromatic heterocycles. The van der Waals surface area contributed by atoms with Gasteiger partial charge in [-0.15, -0.1) is 0 Å². The summed E-state index contributed by atoms with van der Waals surface area (Å²) < 4.78 is 13.1. The monoisotopic (exact) mass is 754 g/mol. The van der Waals surface area contributed by atoms with E-state index < -0.39 is 11.1 Å². The van der Waals surface area contributed by atoms with Crippen LogP contribution in [-0.4, -0.2) is 113 Å². The Morgan fingerprint density at radius 3 is 1.29 bits per heavy atom. The number of ketones is 2. The molecule has 6 rings (SSSR count). The first-order chi connectivity index (χ1) is 26.6. The first kappa shape index (κ1) is 43.5. The molecule has 4 aromatic rings. The Hall–Kier alpha value is -4.25. The van der Waals surface area contributed by atoms with Crippen molar-refractivity contribution in [3.05, 3.63) is 137 Å². The van der Waals surface area contributed by atoms with Gasteiger partial charge in [0.15, 0.2) is 11.6 Å². The van der Waals surface area contributed by atoms with Crippen molar-refractivity contribution in [3.8, 4) is 0 Å². The van der Waals surface area contributed by atoms with Gasteiger partial charge in [0, 0.05) is 70.6 Å². The van der Waals surface area contributed by atoms with Gasteiger partial charge in [-0.2, -0.15) is 0 Å². The molecule has 0 saturated carbocycles. The summed E-state index contributed by atoms with van der Waals surface area (Å²) in [7, 11) is 7.88. The van der Waals surface area contributed by atoms with Crippen molar-refractivity contribution in [3.63, 3.8) is 0 Å². The Morgan fingerprint density at radius 1 is 0.582 bits per heavy atom. The largest absolute Gasteiger partial charge is 0.369 e. The number of nitrogens with zero attached hydrogens (tertiary/aromatic N) is 3. The van der Waals surface area contributed by atoms with Crippen molar-refractivity contribution in [2.24, 2.45) is 0 Å². The number of halogens is 1. The summed E-state index contributed by atoms with van der Waals surface area (Å²) in [5, 5.41) is 9.82. The van der Waals surface area contributed by atoms with Crippen molar-refractivity contribution >= 4 is 17.3 Å². The van der Waals surface area contributed by atoms with E-state index in [1.54, 1.807) is 12.1 Å². The molecular weight excluding hydrogens is 688 g/mol. The van der Waals surface area contributed by atoms with Gasteiger partial charge in [-0.05, 0) is 114 Å². The van der Waals surface area contributed by atoms with Crippen LogP contribution in [0.1, 0.15) is 60.0 Å². The summed E-state index contributed by atoms with van der Waals surface area (Å²) in [6.07, 6.45) is 2.81. The first-order valence-electron chi connectivity index (χ1n) is 19.8. The molecular formula is C46H65FN6O2. The average Bonchev–Trinajstić information content (AvgIpc) is 3.24. The standard InChI is InChI=1S/C23H31N3O.C19H22FNO.C4H10N2.H2/c1-4-23(25(2)3,18-19-8-6-5-7-9-19)22(27)20-10-12-21(13-11-20)26-16-14-24-15-17-26;1-4-19(21(2)3,14-15-8-6-5-7-9-15)18(22)16-10-12-17(20)13-11-16;1-2-6-4-3-5-1;/h5-13,24H,4,14-18H2,1-3H3;5-13H,4,14H2,1-3H3;5-6H,1-4H2;1H/i;;;1+1. The fourth-order valence-electron chi connectivity index (χ4n) is 7.44. The summed E-state index contributed by atoms with van der Waals surface area (Å²) in [4.78, 5) is 33.1. The van der Waals surface area contributed by atoms with E-state index in [2.05, 4.69) is 56.9 Å². The highest BCUT2D eigenvalue weighted by Gasteiger charge is 2.40. The highest BCUT2D eigenvalue weighted by atomic mass is 19.1. The van der Waals surface area contributed by atoms with Crippen molar-refractivity contribution in [2.75, 3.05) is 85.4 Å². The number of Topliss-reactive ketones (excluding diaryl/α,β-unsaturated/α-hetero) is 2. The number of carbonyl (C=O) groups excluding carboxylic acids is 2. The lowest BCUT2D eigenvalue weighted by Gasteiger charge is -2.38. The van der Waals surface area contributed by atoms with Crippen LogP contribution in [0.15, 0.2) is 109 Å². The molecule has 0 aliphatic carbocycles. The lowest BCUT2D eigenvalue weighted by atomic mass is 9.80. The SMILES string of the molecule is C1CNCCN1.CCC(Cc1ccccc1)(C(=O)c1ccc(F)cc1)N(C)C.CCC(Cc1ccccc1)(C(=O)c1ccc(N2CCNCC2)cc1)N(C)C.[2HH]. The average molecular weight is 754 g/mol. The van der Waals surface area contributed by atoms with E-state index in [0.717, 1.165) is 76.3 Å². The normalized spacial score (nSPS) is 16.5. The van der Waals surface area contributed by atoms with Crippen LogP contribution >= 0.6 is 0 Å². The molecule has 4 aromatic carbocycles. The lowest BCUT2D eigenvalue weighted by Crippen LogP contribution is -2.52. The van der Waals surface area contributed by atoms with Crippen LogP contribution in [0.5, 0.6) is 0 Å². The van der Waals surface area contributed by atoms with Crippen LogP contribution in [0.25, 0.3) is 0 Å². The minimum absolute atomic E-state index is 0. The Balaban J connectivity index is 0.000000260. The fourth-order valence-corrected chi connectivity index (χ4v) is 7.44. The van der Waals surface area contributed by atoms with E-state index in [9.17, 15) is 14.0 Å². The molecule has 2 heterocycles. The summed E-state index contributed by atoms with van der Waals surface area (Å²) in [6.45, 7) is 12.7. The molecule has 9 heteroatoms. The number of carbonyl (C=O) groups is 2. The number of nitrogens with one attached hydrogen (secondary N) is 3. The molecule has 2 unspecified atom stereocenters. The number of benzene rings is 4. The summed E-state index contributed by atoms with van der Waals surface area (Å²) in [5.74, 6) is -0.0962. The molecule has 0 radical (unpaired) electrons. The van der Waals surface area contributed by atoms with Crippen molar-refractivity contribution < 1.29 is 15.4 Å². The molecule has 2 aliphatic rings. The molecule has 0 spiro atoms. The van der Waals surface area contributed by atoms with Crippen LogP contribution in [0, 0.1) is 5.82 Å². The number of piperazine rings is 2. The molecule has 2 saturated heterocycles. The minimum atomic E-state index is -0.626. The number of hydrogen-bond acceptors (Lipinski definition) is 8. The lowest BCUT2D eigenvalue weighted by molar-refractivity contribution is 0.0661. The third-order valence-electron chi connectivity index (χ3n) is 11.1. The molecule has 2 aliphatic heterocycles. The molecule has 55 heavy (non-hydrogen) atoms. The number of anilines is 1. The second-order valence-electron chi connectivity index (χ2n) is 14.8. The van der Waals surface area contributed by atoms with Crippen LogP contribution < -0.4 is 20.9 Å². The van der Waals surface area contributed by atoms with Crippen LogP contribution in [0.4, 0.5) is 10.1 Å². The maximum atomic E-state index is 13.6. The minimum Gasteiger partial charge on any atom is -0.369 e. The van der Waals surface area contributed by atoms with Gasteiger partial charge in [-0.1, -0.05) is 74.5 Å². The summed E-state index contributed by atoms with van der Waals surface area (Å²) in [6, 6.07) is 34.3. The quantitative estimate of drug-likeness (QED) is 0.132. The fraction of sp³-hybridized carbons (Fsp3) is 0.435. The topological polar surface area (TPSA) is 79.9 Å². The predicted octanol–water partition coefficient (Wildman–Crippen LogP) is 6.62. The third-order valence-corrected chi connectivity index (χ3v) is 11.1. The second-order valence-corrected chi connectivity index (χ2v) is 14.8. The molecule has 2 atom stereocenters. The van der Waals surface area contributed by atoms with E-state index in [4.69, 9.17) is 0 Å². The van der Waals surface area contributed by atoms with Gasteiger partial charge in [0.2, 0.25) is 0 Å². The number of likely N-dealkylation sites (N-methyl/N-ethyl adjacent to an activating group) is 2. The van der Waals surface area contributed by atoms with Gasteiger partial charge in [0.1, 0.15) is 5.82 Å². The first-order valence-corrected chi connectivity index (χ1v) is 19.8. The Morgan fingerprint density at radius 2 is 0.945 bits per heavy atom. The zero-order chi connectivity index (χ0) is 39.7. The maximum absolute atomic E-state index is 13.6. The second kappa shape index (κ2) is 21.7. The third kappa shape index (κ3) is 11.9. The number of hydrogen-bond donors (Lipinski definition) is 3. The molecule has 8 nitrogen and oxygen atoms in total. The van der Waals surface area contributed by atoms with Gasteiger partial charge >= 0.3 is 0 Å². The summed E-state index contributed by atoms with van der Waals surface area (Å²) >= 11 is 0. The van der Waals surface area contributed by atoms with Gasteiger partial charge in [0.05, 0.1) is 11.1 Å². The van der Waals surface area contributed by atoms with Gasteiger partial charge in [0.25, 0.3) is 0 Å². The predicted molar refractivity (Wildman–Crippen MR) is 228 cm³/mol. The Labute approximate surface area is 331 Å². The molecule has 2 fully saturated rings. The van der Waals surface area contributed by atoms with Crippen molar-refractivity contribution in [1.82, 2.24) is 25.8 Å². The highest BCUT2D eigenvalue weighted by molar-refractivity contribution is 6.04. The van der Waals surface area contributed by atoms with Gasteiger partial charge in [-0.25, -0.2) is 4.39 Å². The van der Waals surface area contributed by atoms with Crippen LogP contribution in [-0.2, 0) is 12.8 Å². The van der Waals surface area contributed by atoms with Crippen LogP contribution in [0.2, 0.25) is 0 Å². The van der Waals surface area contributed by atoms with E-state index in [-0.39, 0.29) is 18.8 Å². The zero-order valence-electron chi connectivity index (χ0n) is 33.9. The van der Waals surface area contributed by atoms with E-state index >= 15 is 0 Å². The summed E-state index contributed by atoms with van der Waals surface area (Å²) in [5.41, 5.74) is 3.69. The molecule has 298 valence electrons.